The first-order valence-corrected chi connectivity index (χ1v) is 6.88. The summed E-state index contributed by atoms with van der Waals surface area (Å²) in [4.78, 5) is 13.5. The molecule has 4 nitrogen and oxygen atoms in total. The minimum absolute atomic E-state index is 0.105. The molecule has 0 aromatic heterocycles. The Balaban J connectivity index is 2.28. The topological polar surface area (TPSA) is 38.8 Å². The van der Waals surface area contributed by atoms with Gasteiger partial charge in [-0.3, -0.25) is 4.90 Å². The summed E-state index contributed by atoms with van der Waals surface area (Å²) in [7, 11) is 0. The Morgan fingerprint density at radius 1 is 1.41 bits per heavy atom. The van der Waals surface area contributed by atoms with Crippen LogP contribution in [0.1, 0.15) is 26.3 Å². The van der Waals surface area contributed by atoms with Crippen LogP contribution in [0.4, 0.5) is 23.7 Å². The Hall–Kier alpha value is -1.76. The Labute approximate surface area is 126 Å². The number of carbonyl (C=O) groups is 1. The zero-order chi connectivity index (χ0) is 16.5. The molecule has 122 valence electrons. The highest BCUT2D eigenvalue weighted by Gasteiger charge is 2.38. The fraction of sp³-hybridized carbons (Fsp3) is 0.533. The summed E-state index contributed by atoms with van der Waals surface area (Å²) in [6.07, 6.45) is -0.603. The molecule has 0 radical (unpaired) electrons. The van der Waals surface area contributed by atoms with Gasteiger partial charge in [0, 0.05) is 12.0 Å². The first kappa shape index (κ1) is 16.6. The monoisotopic (exact) mass is 317 g/mol. The van der Waals surface area contributed by atoms with Crippen LogP contribution in [-0.2, 0) is 15.9 Å². The fourth-order valence-corrected chi connectivity index (χ4v) is 2.37. The van der Waals surface area contributed by atoms with Crippen molar-refractivity contribution in [2.75, 3.05) is 11.5 Å². The number of nitrogens with zero attached hydrogens (tertiary/aromatic N) is 1. The van der Waals surface area contributed by atoms with E-state index in [4.69, 9.17) is 4.74 Å². The lowest BCUT2D eigenvalue weighted by molar-refractivity contribution is -0.131. The van der Waals surface area contributed by atoms with Gasteiger partial charge < -0.3 is 9.47 Å². The molecule has 1 aliphatic rings. The van der Waals surface area contributed by atoms with E-state index in [2.05, 4.69) is 4.74 Å². The van der Waals surface area contributed by atoms with Crippen LogP contribution in [-0.4, -0.2) is 31.0 Å². The van der Waals surface area contributed by atoms with E-state index in [9.17, 15) is 18.0 Å². The largest absolute Gasteiger partial charge is 0.443 e. The Bertz CT molecular complexity index is 557. The molecule has 1 heterocycles. The van der Waals surface area contributed by atoms with Crippen LogP contribution in [0.2, 0.25) is 0 Å². The van der Waals surface area contributed by atoms with Crippen LogP contribution in [0.15, 0.2) is 18.2 Å². The summed E-state index contributed by atoms with van der Waals surface area (Å²) < 4.78 is 48.0. The van der Waals surface area contributed by atoms with Crippen LogP contribution < -0.4 is 4.90 Å². The van der Waals surface area contributed by atoms with Crippen molar-refractivity contribution >= 4 is 11.8 Å². The molecule has 0 spiro atoms. The number of hydrogen-bond donors (Lipinski definition) is 0. The van der Waals surface area contributed by atoms with Crippen molar-refractivity contribution in [2.24, 2.45) is 0 Å². The molecule has 0 N–H and O–H groups in total. The number of carbonyl (C=O) groups excluding carboxylic acids is 1. The van der Waals surface area contributed by atoms with Crippen LogP contribution >= 0.6 is 0 Å². The number of ether oxygens (including phenoxy) is 2. The van der Waals surface area contributed by atoms with Crippen LogP contribution in [0, 0.1) is 5.82 Å². The number of anilines is 1. The van der Waals surface area contributed by atoms with E-state index >= 15 is 0 Å². The Morgan fingerprint density at radius 3 is 2.68 bits per heavy atom. The molecule has 0 bridgehead atoms. The van der Waals surface area contributed by atoms with Gasteiger partial charge in [-0.15, -0.1) is 0 Å². The quantitative estimate of drug-likeness (QED) is 0.852. The highest BCUT2D eigenvalue weighted by molar-refractivity contribution is 5.91. The van der Waals surface area contributed by atoms with Crippen molar-refractivity contribution in [1.29, 1.82) is 0 Å². The van der Waals surface area contributed by atoms with Crippen molar-refractivity contribution in [1.82, 2.24) is 0 Å². The summed E-state index contributed by atoms with van der Waals surface area (Å²) in [5.74, 6) is -0.481. The number of rotatable bonds is 3. The van der Waals surface area contributed by atoms with Crippen molar-refractivity contribution in [2.45, 2.75) is 45.4 Å². The molecule has 1 atom stereocenters. The predicted molar refractivity (Wildman–Crippen MR) is 74.6 cm³/mol. The van der Waals surface area contributed by atoms with E-state index in [0.29, 0.717) is 11.3 Å². The zero-order valence-electron chi connectivity index (χ0n) is 12.6. The second kappa shape index (κ2) is 6.16. The number of benzene rings is 1. The SMILES string of the molecule is CC(C)(C)OC(=O)N1c2cccc(F)c2C[C@H]1COC(F)F. The van der Waals surface area contributed by atoms with E-state index in [-0.39, 0.29) is 6.42 Å². The van der Waals surface area contributed by atoms with Crippen LogP contribution in [0.25, 0.3) is 0 Å². The average molecular weight is 317 g/mol. The van der Waals surface area contributed by atoms with Crippen molar-refractivity contribution in [3.63, 3.8) is 0 Å². The zero-order valence-corrected chi connectivity index (χ0v) is 12.6. The van der Waals surface area contributed by atoms with Crippen molar-refractivity contribution in [3.8, 4) is 0 Å². The van der Waals surface area contributed by atoms with Gasteiger partial charge in [0.1, 0.15) is 11.4 Å². The molecule has 1 amide bonds. The van der Waals surface area contributed by atoms with E-state index in [1.54, 1.807) is 26.8 Å². The third-order valence-corrected chi connectivity index (χ3v) is 3.16. The molecule has 0 saturated heterocycles. The second-order valence-corrected chi connectivity index (χ2v) is 6.04. The molecule has 1 aromatic carbocycles. The molecule has 22 heavy (non-hydrogen) atoms. The summed E-state index contributed by atoms with van der Waals surface area (Å²) in [6, 6.07) is 3.56. The summed E-state index contributed by atoms with van der Waals surface area (Å²) >= 11 is 0. The third kappa shape index (κ3) is 3.71. The lowest BCUT2D eigenvalue weighted by Crippen LogP contribution is -2.43. The fourth-order valence-electron chi connectivity index (χ4n) is 2.37. The number of alkyl halides is 2. The summed E-state index contributed by atoms with van der Waals surface area (Å²) in [5.41, 5.74) is -0.116. The molecule has 1 aliphatic heterocycles. The smallest absolute Gasteiger partial charge is 0.415 e. The van der Waals surface area contributed by atoms with Gasteiger partial charge in [-0.05, 0) is 32.9 Å². The van der Waals surface area contributed by atoms with E-state index in [0.717, 1.165) is 0 Å². The molecule has 0 aliphatic carbocycles. The average Bonchev–Trinajstić information content (AvgIpc) is 2.74. The van der Waals surface area contributed by atoms with Crippen molar-refractivity contribution in [3.05, 3.63) is 29.6 Å². The third-order valence-electron chi connectivity index (χ3n) is 3.16. The molecule has 0 unspecified atom stereocenters. The molecular formula is C15H18F3NO3. The number of halogens is 3. The molecule has 0 fully saturated rings. The van der Waals surface area contributed by atoms with Crippen LogP contribution in [0.5, 0.6) is 0 Å². The van der Waals surface area contributed by atoms with E-state index in [1.807, 2.05) is 0 Å². The molecule has 1 aromatic rings. The summed E-state index contributed by atoms with van der Waals surface area (Å²) in [6.45, 7) is 1.73. The minimum atomic E-state index is -2.95. The van der Waals surface area contributed by atoms with E-state index < -0.39 is 36.8 Å². The maximum absolute atomic E-state index is 13.9. The number of hydrogen-bond acceptors (Lipinski definition) is 3. The van der Waals surface area contributed by atoms with Gasteiger partial charge in [0.2, 0.25) is 0 Å². The van der Waals surface area contributed by atoms with Gasteiger partial charge in [-0.1, -0.05) is 6.07 Å². The second-order valence-electron chi connectivity index (χ2n) is 6.04. The van der Waals surface area contributed by atoms with Gasteiger partial charge >= 0.3 is 12.7 Å². The van der Waals surface area contributed by atoms with Crippen molar-refractivity contribution < 1.29 is 27.4 Å². The molecule has 0 saturated carbocycles. The Morgan fingerprint density at radius 2 is 2.09 bits per heavy atom. The van der Waals surface area contributed by atoms with Gasteiger partial charge in [0.25, 0.3) is 0 Å². The molecule has 2 rings (SSSR count). The highest BCUT2D eigenvalue weighted by atomic mass is 19.3. The maximum atomic E-state index is 13.9. The first-order chi connectivity index (χ1) is 10.2. The first-order valence-electron chi connectivity index (χ1n) is 6.88. The van der Waals surface area contributed by atoms with Crippen LogP contribution in [0.3, 0.4) is 0 Å². The van der Waals surface area contributed by atoms with Gasteiger partial charge in [0.15, 0.2) is 0 Å². The standard InChI is InChI=1S/C15H18F3NO3/c1-15(2,3)22-14(20)19-9(8-21-13(17)18)7-10-11(16)5-4-6-12(10)19/h4-6,9,13H,7-8H2,1-3H3/t9-/m0/s1. The summed E-state index contributed by atoms with van der Waals surface area (Å²) in [5, 5.41) is 0. The van der Waals surface area contributed by atoms with Gasteiger partial charge in [-0.2, -0.15) is 8.78 Å². The lowest BCUT2D eigenvalue weighted by atomic mass is 10.1. The lowest BCUT2D eigenvalue weighted by Gasteiger charge is -2.29. The number of fused-ring (bicyclic) bond motifs is 1. The predicted octanol–water partition coefficient (Wildman–Crippen LogP) is 3.73. The Kier molecular flexibility index (Phi) is 4.65. The molecular weight excluding hydrogens is 299 g/mol. The number of amides is 1. The molecule has 7 heteroatoms. The minimum Gasteiger partial charge on any atom is -0.443 e. The van der Waals surface area contributed by atoms with Gasteiger partial charge in [-0.25, -0.2) is 9.18 Å². The van der Waals surface area contributed by atoms with Gasteiger partial charge in [0.05, 0.1) is 18.3 Å². The highest BCUT2D eigenvalue weighted by Crippen LogP contribution is 2.35. The maximum Gasteiger partial charge on any atom is 0.415 e. The normalized spacial score (nSPS) is 17.8. The van der Waals surface area contributed by atoms with E-state index in [1.165, 1.54) is 17.0 Å².